The summed E-state index contributed by atoms with van der Waals surface area (Å²) in [7, 11) is 3.98. The number of anilines is 1. The molecule has 19 heavy (non-hydrogen) atoms. The largest absolute Gasteiger partial charge is 0.378 e. The first-order chi connectivity index (χ1) is 9.16. The van der Waals surface area contributed by atoms with Crippen molar-refractivity contribution in [1.29, 1.82) is 0 Å². The van der Waals surface area contributed by atoms with Crippen LogP contribution in [0.5, 0.6) is 0 Å². The molecule has 1 heterocycles. The van der Waals surface area contributed by atoms with E-state index in [0.717, 1.165) is 11.3 Å². The zero-order valence-electron chi connectivity index (χ0n) is 11.0. The summed E-state index contributed by atoms with van der Waals surface area (Å²) < 4.78 is 0. The van der Waals surface area contributed by atoms with Gasteiger partial charge in [-0.3, -0.25) is 4.79 Å². The van der Waals surface area contributed by atoms with Crippen molar-refractivity contribution in [1.82, 2.24) is 15.3 Å². The molecular formula is C14H16N4O. The van der Waals surface area contributed by atoms with E-state index in [2.05, 4.69) is 15.3 Å². The third kappa shape index (κ3) is 3.51. The van der Waals surface area contributed by atoms with Crippen molar-refractivity contribution in [3.63, 3.8) is 0 Å². The van der Waals surface area contributed by atoms with E-state index in [1.54, 1.807) is 0 Å². The number of hydrogen-bond donors (Lipinski definition) is 1. The normalized spacial score (nSPS) is 10.0. The van der Waals surface area contributed by atoms with Crippen LogP contribution in [0.1, 0.15) is 15.9 Å². The molecule has 5 nitrogen and oxygen atoms in total. The Labute approximate surface area is 112 Å². The molecule has 0 saturated carbocycles. The molecule has 0 atom stereocenters. The van der Waals surface area contributed by atoms with Crippen LogP contribution in [0.25, 0.3) is 0 Å². The molecule has 2 rings (SSSR count). The fourth-order valence-electron chi connectivity index (χ4n) is 1.61. The molecule has 2 aromatic rings. The summed E-state index contributed by atoms with van der Waals surface area (Å²) in [5.41, 5.74) is 2.65. The third-order valence-electron chi connectivity index (χ3n) is 2.73. The molecule has 0 radical (unpaired) electrons. The van der Waals surface area contributed by atoms with E-state index in [-0.39, 0.29) is 5.91 Å². The van der Waals surface area contributed by atoms with Crippen LogP contribution in [-0.2, 0) is 6.54 Å². The molecule has 5 heteroatoms. The van der Waals surface area contributed by atoms with Crippen LogP contribution >= 0.6 is 0 Å². The van der Waals surface area contributed by atoms with E-state index in [0.29, 0.717) is 12.1 Å². The molecule has 0 saturated heterocycles. The summed E-state index contributed by atoms with van der Waals surface area (Å²) in [6.07, 6.45) is 4.39. The highest BCUT2D eigenvalue weighted by atomic mass is 16.1. The molecule has 1 N–H and O–H groups in total. The Kier molecular flexibility index (Phi) is 4.07. The molecule has 98 valence electrons. The van der Waals surface area contributed by atoms with Gasteiger partial charge in [0.1, 0.15) is 6.33 Å². The lowest BCUT2D eigenvalue weighted by Gasteiger charge is -2.12. The van der Waals surface area contributed by atoms with Crippen molar-refractivity contribution in [3.05, 3.63) is 54.1 Å². The Morgan fingerprint density at radius 3 is 2.37 bits per heavy atom. The molecule has 0 fully saturated rings. The average molecular weight is 256 g/mol. The number of nitrogens with zero attached hydrogens (tertiary/aromatic N) is 3. The number of carbonyl (C=O) groups is 1. The molecule has 1 aromatic carbocycles. The Bertz CT molecular complexity index is 537. The first-order valence-corrected chi connectivity index (χ1v) is 5.96. The van der Waals surface area contributed by atoms with Crippen LogP contribution < -0.4 is 10.2 Å². The van der Waals surface area contributed by atoms with E-state index in [9.17, 15) is 4.79 Å². The Balaban J connectivity index is 1.94. The molecule has 0 unspecified atom stereocenters. The summed E-state index contributed by atoms with van der Waals surface area (Å²) in [5, 5.41) is 2.83. The fourth-order valence-corrected chi connectivity index (χ4v) is 1.61. The highest BCUT2D eigenvalue weighted by molar-refractivity contribution is 5.93. The van der Waals surface area contributed by atoms with Gasteiger partial charge in [0.2, 0.25) is 0 Å². The van der Waals surface area contributed by atoms with E-state index in [4.69, 9.17) is 0 Å². The van der Waals surface area contributed by atoms with Gasteiger partial charge in [-0.05, 0) is 17.7 Å². The molecule has 0 aliphatic carbocycles. The second-order valence-corrected chi connectivity index (χ2v) is 4.37. The highest BCUT2D eigenvalue weighted by Gasteiger charge is 2.05. The minimum absolute atomic E-state index is 0.169. The van der Waals surface area contributed by atoms with Crippen LogP contribution in [-0.4, -0.2) is 30.0 Å². The quantitative estimate of drug-likeness (QED) is 0.900. The second-order valence-electron chi connectivity index (χ2n) is 4.37. The monoisotopic (exact) mass is 256 g/mol. The standard InChI is InChI=1S/C14H16N4O/c1-18(2)13-5-3-11(4-6-13)7-17-14(19)12-8-15-10-16-9-12/h3-6,8-10H,7H2,1-2H3,(H,17,19). The van der Waals surface area contributed by atoms with Crippen molar-refractivity contribution in [3.8, 4) is 0 Å². The van der Waals surface area contributed by atoms with Gasteiger partial charge in [-0.2, -0.15) is 0 Å². The predicted octanol–water partition coefficient (Wildman–Crippen LogP) is 1.47. The summed E-state index contributed by atoms with van der Waals surface area (Å²) in [5.74, 6) is -0.169. The minimum atomic E-state index is -0.169. The van der Waals surface area contributed by atoms with Gasteiger partial charge in [-0.25, -0.2) is 9.97 Å². The van der Waals surface area contributed by atoms with E-state index < -0.39 is 0 Å². The second kappa shape index (κ2) is 5.95. The number of hydrogen-bond acceptors (Lipinski definition) is 4. The highest BCUT2D eigenvalue weighted by Crippen LogP contribution is 2.12. The van der Waals surface area contributed by atoms with Crippen molar-refractivity contribution in [2.45, 2.75) is 6.54 Å². The van der Waals surface area contributed by atoms with Crippen molar-refractivity contribution >= 4 is 11.6 Å². The van der Waals surface area contributed by atoms with Crippen LogP contribution in [0.3, 0.4) is 0 Å². The van der Waals surface area contributed by atoms with E-state index >= 15 is 0 Å². The Hall–Kier alpha value is -2.43. The Morgan fingerprint density at radius 1 is 1.16 bits per heavy atom. The maximum Gasteiger partial charge on any atom is 0.254 e. The average Bonchev–Trinajstić information content (AvgIpc) is 2.46. The van der Waals surface area contributed by atoms with Gasteiger partial charge < -0.3 is 10.2 Å². The van der Waals surface area contributed by atoms with Gasteiger partial charge >= 0.3 is 0 Å². The molecule has 0 spiro atoms. The van der Waals surface area contributed by atoms with Gasteiger partial charge in [0.25, 0.3) is 5.91 Å². The van der Waals surface area contributed by atoms with Gasteiger partial charge in [-0.1, -0.05) is 12.1 Å². The predicted molar refractivity (Wildman–Crippen MR) is 74.0 cm³/mol. The molecule has 1 amide bonds. The van der Waals surface area contributed by atoms with E-state index in [1.165, 1.54) is 18.7 Å². The van der Waals surface area contributed by atoms with Gasteiger partial charge in [0, 0.05) is 38.7 Å². The first kappa shape index (κ1) is 13.0. The number of carbonyl (C=O) groups excluding carboxylic acids is 1. The maximum atomic E-state index is 11.8. The topological polar surface area (TPSA) is 58.1 Å². The number of benzene rings is 1. The van der Waals surface area contributed by atoms with E-state index in [1.807, 2.05) is 43.3 Å². The fraction of sp³-hybridized carbons (Fsp3) is 0.214. The van der Waals surface area contributed by atoms with Gasteiger partial charge in [0.15, 0.2) is 0 Å². The SMILES string of the molecule is CN(C)c1ccc(CNC(=O)c2cncnc2)cc1. The molecule has 0 aliphatic heterocycles. The van der Waals surface area contributed by atoms with Crippen LogP contribution in [0.15, 0.2) is 43.0 Å². The van der Waals surface area contributed by atoms with Crippen LogP contribution in [0.4, 0.5) is 5.69 Å². The lowest BCUT2D eigenvalue weighted by atomic mass is 10.2. The summed E-state index contributed by atoms with van der Waals surface area (Å²) in [4.78, 5) is 21.5. The van der Waals surface area contributed by atoms with Gasteiger partial charge in [-0.15, -0.1) is 0 Å². The smallest absolute Gasteiger partial charge is 0.254 e. The summed E-state index contributed by atoms with van der Waals surface area (Å²) in [6, 6.07) is 8.04. The number of aromatic nitrogens is 2. The Morgan fingerprint density at radius 2 is 1.79 bits per heavy atom. The number of amides is 1. The zero-order valence-corrected chi connectivity index (χ0v) is 11.0. The van der Waals surface area contributed by atoms with Crippen molar-refractivity contribution < 1.29 is 4.79 Å². The molecule has 1 aromatic heterocycles. The molecule has 0 aliphatic rings. The number of nitrogens with one attached hydrogen (secondary N) is 1. The van der Waals surface area contributed by atoms with Crippen molar-refractivity contribution in [2.24, 2.45) is 0 Å². The number of rotatable bonds is 4. The summed E-state index contributed by atoms with van der Waals surface area (Å²) in [6.45, 7) is 0.488. The zero-order chi connectivity index (χ0) is 13.7. The minimum Gasteiger partial charge on any atom is -0.378 e. The lowest BCUT2D eigenvalue weighted by molar-refractivity contribution is 0.0950. The van der Waals surface area contributed by atoms with Crippen molar-refractivity contribution in [2.75, 3.05) is 19.0 Å². The summed E-state index contributed by atoms with van der Waals surface area (Å²) >= 11 is 0. The van der Waals surface area contributed by atoms with Crippen LogP contribution in [0.2, 0.25) is 0 Å². The molecular weight excluding hydrogens is 240 g/mol. The van der Waals surface area contributed by atoms with Crippen LogP contribution in [0, 0.1) is 0 Å². The molecule has 0 bridgehead atoms. The van der Waals surface area contributed by atoms with Gasteiger partial charge in [0.05, 0.1) is 5.56 Å². The third-order valence-corrected chi connectivity index (χ3v) is 2.73. The maximum absolute atomic E-state index is 11.8. The lowest BCUT2D eigenvalue weighted by Crippen LogP contribution is -2.23. The first-order valence-electron chi connectivity index (χ1n) is 5.96.